The van der Waals surface area contributed by atoms with Crippen LogP contribution in [0.1, 0.15) is 5.69 Å². The Balaban J connectivity index is 1.24. The molecule has 2 saturated heterocycles. The molecule has 0 aliphatic carbocycles. The van der Waals surface area contributed by atoms with Crippen LogP contribution < -0.4 is 0 Å². The maximum atomic E-state index is 12.5. The summed E-state index contributed by atoms with van der Waals surface area (Å²) in [5.41, 5.74) is 0.879. The molecule has 0 spiro atoms. The van der Waals surface area contributed by atoms with Gasteiger partial charge in [0.2, 0.25) is 11.7 Å². The number of nitrogens with zero attached hydrogens (tertiary/aromatic N) is 4. The predicted octanol–water partition coefficient (Wildman–Crippen LogP) is 0.911. The van der Waals surface area contributed by atoms with Crippen LogP contribution in [0.15, 0.2) is 33.4 Å². The second-order valence-corrected chi connectivity index (χ2v) is 6.71. The van der Waals surface area contributed by atoms with E-state index in [1.807, 2.05) is 23.1 Å². The molecule has 1 amide bonds. The monoisotopic (exact) mass is 360 g/mol. The average Bonchev–Trinajstić information content (AvgIpc) is 3.35. The van der Waals surface area contributed by atoms with Gasteiger partial charge in [0, 0.05) is 51.9 Å². The third kappa shape index (κ3) is 4.14. The van der Waals surface area contributed by atoms with Crippen molar-refractivity contribution >= 4 is 5.91 Å². The summed E-state index contributed by atoms with van der Waals surface area (Å²) in [6, 6.07) is 5.59. The first-order valence-electron chi connectivity index (χ1n) is 9.07. The van der Waals surface area contributed by atoms with Gasteiger partial charge >= 0.3 is 0 Å². The summed E-state index contributed by atoms with van der Waals surface area (Å²) >= 11 is 0. The largest absolute Gasteiger partial charge is 0.461 e. The first-order valence-corrected chi connectivity index (χ1v) is 9.07. The highest BCUT2D eigenvalue weighted by Crippen LogP contribution is 2.21. The second-order valence-electron chi connectivity index (χ2n) is 6.71. The molecule has 0 atom stereocenters. The number of morpholine rings is 1. The van der Waals surface area contributed by atoms with Gasteiger partial charge in [0.1, 0.15) is 0 Å². The highest BCUT2D eigenvalue weighted by atomic mass is 16.5. The Hall–Kier alpha value is -2.16. The molecule has 2 aromatic heterocycles. The summed E-state index contributed by atoms with van der Waals surface area (Å²) in [7, 11) is 0. The van der Waals surface area contributed by atoms with Crippen molar-refractivity contribution in [2.24, 2.45) is 0 Å². The number of amides is 1. The van der Waals surface area contributed by atoms with Gasteiger partial charge < -0.3 is 18.6 Å². The molecule has 0 radical (unpaired) electrons. The molecule has 0 saturated carbocycles. The topological polar surface area (TPSA) is 75.2 Å². The molecule has 2 fully saturated rings. The smallest absolute Gasteiger partial charge is 0.236 e. The molecule has 8 heteroatoms. The molecule has 26 heavy (non-hydrogen) atoms. The van der Waals surface area contributed by atoms with Crippen LogP contribution in [0.2, 0.25) is 0 Å². The zero-order chi connectivity index (χ0) is 17.8. The predicted molar refractivity (Wildman–Crippen MR) is 93.3 cm³/mol. The van der Waals surface area contributed by atoms with E-state index < -0.39 is 0 Å². The van der Waals surface area contributed by atoms with Crippen molar-refractivity contribution in [2.45, 2.75) is 6.54 Å². The number of carbonyl (C=O) groups excluding carboxylic acids is 1. The number of carbonyl (C=O) groups is 1. The first-order chi connectivity index (χ1) is 12.8. The van der Waals surface area contributed by atoms with E-state index in [1.165, 1.54) is 0 Å². The van der Waals surface area contributed by atoms with E-state index in [4.69, 9.17) is 13.7 Å². The lowest BCUT2D eigenvalue weighted by atomic mass is 10.2. The van der Waals surface area contributed by atoms with Crippen molar-refractivity contribution in [3.63, 3.8) is 0 Å². The maximum Gasteiger partial charge on any atom is 0.236 e. The van der Waals surface area contributed by atoms with Crippen LogP contribution in [-0.4, -0.2) is 84.8 Å². The van der Waals surface area contributed by atoms with Crippen LogP contribution in [0.3, 0.4) is 0 Å². The standard InChI is InChI=1S/C18H24N4O4/c23-18(14-21-7-10-24-11-8-21)22-5-3-20(4-6-22)13-15-12-17(26-19-15)16-2-1-9-25-16/h1-2,9,12H,3-8,10-11,13-14H2. The fraction of sp³-hybridized carbons (Fsp3) is 0.556. The van der Waals surface area contributed by atoms with Crippen molar-refractivity contribution in [2.75, 3.05) is 59.0 Å². The third-order valence-corrected chi connectivity index (χ3v) is 4.90. The highest BCUT2D eigenvalue weighted by molar-refractivity contribution is 5.78. The molecular weight excluding hydrogens is 336 g/mol. The lowest BCUT2D eigenvalue weighted by Gasteiger charge is -2.36. The minimum absolute atomic E-state index is 0.216. The summed E-state index contributed by atoms with van der Waals surface area (Å²) in [4.78, 5) is 18.9. The van der Waals surface area contributed by atoms with Crippen molar-refractivity contribution in [3.05, 3.63) is 30.2 Å². The molecule has 0 aromatic carbocycles. The van der Waals surface area contributed by atoms with Gasteiger partial charge in [-0.3, -0.25) is 14.6 Å². The molecule has 0 unspecified atom stereocenters. The van der Waals surface area contributed by atoms with Gasteiger partial charge in [-0.1, -0.05) is 5.16 Å². The number of hydrogen-bond donors (Lipinski definition) is 0. The molecule has 4 rings (SSSR count). The third-order valence-electron chi connectivity index (χ3n) is 4.90. The van der Waals surface area contributed by atoms with E-state index in [1.54, 1.807) is 6.26 Å². The fourth-order valence-corrected chi connectivity index (χ4v) is 3.36. The van der Waals surface area contributed by atoms with E-state index in [9.17, 15) is 4.79 Å². The maximum absolute atomic E-state index is 12.5. The summed E-state index contributed by atoms with van der Waals surface area (Å²) < 4.78 is 16.0. The van der Waals surface area contributed by atoms with Crippen molar-refractivity contribution < 1.29 is 18.5 Å². The van der Waals surface area contributed by atoms with Gasteiger partial charge in [-0.2, -0.15) is 0 Å². The van der Waals surface area contributed by atoms with Crippen molar-refractivity contribution in [1.82, 2.24) is 19.9 Å². The Bertz CT molecular complexity index is 701. The number of hydrogen-bond acceptors (Lipinski definition) is 7. The number of ether oxygens (including phenoxy) is 1. The van der Waals surface area contributed by atoms with E-state index in [0.717, 1.165) is 64.7 Å². The van der Waals surface area contributed by atoms with Crippen LogP contribution in [0, 0.1) is 0 Å². The lowest BCUT2D eigenvalue weighted by molar-refractivity contribution is -0.135. The van der Waals surface area contributed by atoms with E-state index in [0.29, 0.717) is 18.1 Å². The van der Waals surface area contributed by atoms with Crippen LogP contribution in [0.4, 0.5) is 0 Å². The molecule has 2 aliphatic heterocycles. The minimum Gasteiger partial charge on any atom is -0.461 e. The number of aromatic nitrogens is 1. The summed E-state index contributed by atoms with van der Waals surface area (Å²) in [6.45, 7) is 7.55. The number of rotatable bonds is 5. The average molecular weight is 360 g/mol. The fourth-order valence-electron chi connectivity index (χ4n) is 3.36. The molecule has 0 bridgehead atoms. The SMILES string of the molecule is O=C(CN1CCOCC1)N1CCN(Cc2cc(-c3ccco3)on2)CC1. The van der Waals surface area contributed by atoms with Gasteiger partial charge in [0.15, 0.2) is 5.76 Å². The summed E-state index contributed by atoms with van der Waals surface area (Å²) in [5, 5.41) is 4.12. The Morgan fingerprint density at radius 2 is 1.85 bits per heavy atom. The van der Waals surface area contributed by atoms with Gasteiger partial charge in [0.05, 0.1) is 31.7 Å². The van der Waals surface area contributed by atoms with E-state index in [2.05, 4.69) is 15.0 Å². The Kier molecular flexibility index (Phi) is 5.33. The number of furan rings is 1. The van der Waals surface area contributed by atoms with Crippen molar-refractivity contribution in [3.8, 4) is 11.5 Å². The van der Waals surface area contributed by atoms with Gasteiger partial charge in [-0.25, -0.2) is 0 Å². The first kappa shape index (κ1) is 17.3. The zero-order valence-corrected chi connectivity index (χ0v) is 14.8. The molecule has 4 heterocycles. The normalized spacial score (nSPS) is 19.8. The summed E-state index contributed by atoms with van der Waals surface area (Å²) in [6.07, 6.45) is 1.62. The minimum atomic E-state index is 0.216. The van der Waals surface area contributed by atoms with Gasteiger partial charge in [-0.05, 0) is 12.1 Å². The van der Waals surface area contributed by atoms with Gasteiger partial charge in [0.25, 0.3) is 0 Å². The second kappa shape index (κ2) is 8.03. The Morgan fingerprint density at radius 3 is 2.58 bits per heavy atom. The zero-order valence-electron chi connectivity index (χ0n) is 14.8. The van der Waals surface area contributed by atoms with E-state index in [-0.39, 0.29) is 5.91 Å². The Labute approximate surface area is 152 Å². The van der Waals surface area contributed by atoms with Crippen LogP contribution in [-0.2, 0) is 16.1 Å². The molecule has 8 nitrogen and oxygen atoms in total. The number of piperazine rings is 1. The molecule has 140 valence electrons. The lowest BCUT2D eigenvalue weighted by Crippen LogP contribution is -2.52. The highest BCUT2D eigenvalue weighted by Gasteiger charge is 2.24. The molecular formula is C18H24N4O4. The van der Waals surface area contributed by atoms with Crippen LogP contribution in [0.5, 0.6) is 0 Å². The molecule has 2 aliphatic rings. The van der Waals surface area contributed by atoms with E-state index >= 15 is 0 Å². The molecule has 0 N–H and O–H groups in total. The Morgan fingerprint density at radius 1 is 1.04 bits per heavy atom. The van der Waals surface area contributed by atoms with Gasteiger partial charge in [-0.15, -0.1) is 0 Å². The molecule has 2 aromatic rings. The van der Waals surface area contributed by atoms with Crippen LogP contribution in [0.25, 0.3) is 11.5 Å². The van der Waals surface area contributed by atoms with Crippen LogP contribution >= 0.6 is 0 Å². The van der Waals surface area contributed by atoms with Crippen molar-refractivity contribution in [1.29, 1.82) is 0 Å². The summed E-state index contributed by atoms with van der Waals surface area (Å²) in [5.74, 6) is 1.54. The quantitative estimate of drug-likeness (QED) is 0.784.